The first kappa shape index (κ1) is 23.3. The number of aromatic nitrogens is 3. The molecule has 0 saturated carbocycles. The first-order valence-corrected chi connectivity index (χ1v) is 12.0. The summed E-state index contributed by atoms with van der Waals surface area (Å²) >= 11 is 0. The number of anilines is 1. The van der Waals surface area contributed by atoms with Gasteiger partial charge in [-0.2, -0.15) is 0 Å². The minimum absolute atomic E-state index is 0.0127. The van der Waals surface area contributed by atoms with Crippen molar-refractivity contribution in [2.24, 2.45) is 5.41 Å². The van der Waals surface area contributed by atoms with E-state index >= 15 is 0 Å². The molecule has 37 heavy (non-hydrogen) atoms. The number of likely N-dealkylation sites (tertiary alicyclic amines) is 2. The molecule has 8 nitrogen and oxygen atoms in total. The van der Waals surface area contributed by atoms with E-state index in [1.165, 1.54) is 22.7 Å². The zero-order valence-electron chi connectivity index (χ0n) is 19.8. The van der Waals surface area contributed by atoms with Gasteiger partial charge in [-0.3, -0.25) is 14.0 Å². The number of amides is 2. The molecule has 0 bridgehead atoms. The Morgan fingerprint density at radius 1 is 0.946 bits per heavy atom. The van der Waals surface area contributed by atoms with Crippen molar-refractivity contribution >= 4 is 34.3 Å². The summed E-state index contributed by atoms with van der Waals surface area (Å²) in [6.07, 6.45) is 2.98. The highest BCUT2D eigenvalue weighted by Gasteiger charge is 2.46. The van der Waals surface area contributed by atoms with Gasteiger partial charge in [0.2, 0.25) is 11.9 Å². The molecule has 4 aromatic rings. The predicted molar refractivity (Wildman–Crippen MR) is 129 cm³/mol. The molecule has 2 saturated heterocycles. The van der Waals surface area contributed by atoms with E-state index < -0.39 is 17.5 Å². The number of carbonyl (C=O) groups is 2. The van der Waals surface area contributed by atoms with Gasteiger partial charge >= 0.3 is 0 Å². The lowest BCUT2D eigenvalue weighted by Crippen LogP contribution is -2.36. The smallest absolute Gasteiger partial charge is 0.274 e. The molecule has 2 aromatic heterocycles. The molecule has 2 fully saturated rings. The van der Waals surface area contributed by atoms with E-state index in [1.54, 1.807) is 21.9 Å². The van der Waals surface area contributed by atoms with Crippen molar-refractivity contribution < 1.29 is 22.8 Å². The molecule has 1 unspecified atom stereocenters. The highest BCUT2D eigenvalue weighted by atomic mass is 19.2. The van der Waals surface area contributed by atoms with Crippen LogP contribution in [0.2, 0.25) is 0 Å². The fourth-order valence-electron chi connectivity index (χ4n) is 5.51. The van der Waals surface area contributed by atoms with Gasteiger partial charge in [-0.05, 0) is 42.7 Å². The van der Waals surface area contributed by atoms with Crippen molar-refractivity contribution in [3.05, 3.63) is 71.3 Å². The average molecular weight is 509 g/mol. The van der Waals surface area contributed by atoms with Crippen LogP contribution in [0.25, 0.3) is 16.6 Å². The lowest BCUT2D eigenvalue weighted by Gasteiger charge is -2.24. The second-order valence-electron chi connectivity index (χ2n) is 9.89. The third-order valence-corrected chi connectivity index (χ3v) is 7.48. The second kappa shape index (κ2) is 8.46. The summed E-state index contributed by atoms with van der Waals surface area (Å²) in [4.78, 5) is 38.2. The number of carbonyl (C=O) groups excluding carboxylic acids is 2. The van der Waals surface area contributed by atoms with Crippen LogP contribution in [0.15, 0.2) is 42.6 Å². The number of imidazole rings is 1. The van der Waals surface area contributed by atoms with Crippen molar-refractivity contribution in [3.63, 3.8) is 0 Å². The quantitative estimate of drug-likeness (QED) is 0.459. The molecule has 11 heteroatoms. The molecule has 1 atom stereocenters. The summed E-state index contributed by atoms with van der Waals surface area (Å²) < 4.78 is 42.4. The van der Waals surface area contributed by atoms with Crippen molar-refractivity contribution in [2.75, 3.05) is 31.9 Å². The predicted octanol–water partition coefficient (Wildman–Crippen LogP) is 3.19. The fraction of sp³-hybridized carbons (Fsp3) is 0.308. The third-order valence-electron chi connectivity index (χ3n) is 7.48. The van der Waals surface area contributed by atoms with Gasteiger partial charge < -0.3 is 15.5 Å². The summed E-state index contributed by atoms with van der Waals surface area (Å²) in [5.41, 5.74) is 6.84. The van der Waals surface area contributed by atoms with Gasteiger partial charge in [-0.1, -0.05) is 12.1 Å². The normalized spacial score (nSPS) is 19.5. The Balaban J connectivity index is 1.17. The molecule has 190 valence electrons. The minimum Gasteiger partial charge on any atom is -0.369 e. The van der Waals surface area contributed by atoms with Crippen LogP contribution in [0.1, 0.15) is 28.9 Å². The number of benzene rings is 2. The van der Waals surface area contributed by atoms with Crippen molar-refractivity contribution in [1.82, 2.24) is 24.2 Å². The van der Waals surface area contributed by atoms with Crippen LogP contribution in [0.4, 0.5) is 19.1 Å². The molecule has 2 amide bonds. The number of nitrogen functional groups attached to an aromatic ring is 1. The average Bonchev–Trinajstić information content (AvgIpc) is 3.61. The van der Waals surface area contributed by atoms with Crippen molar-refractivity contribution in [1.29, 1.82) is 0 Å². The highest BCUT2D eigenvalue weighted by molar-refractivity contribution is 5.97. The Hall–Kier alpha value is -4.15. The van der Waals surface area contributed by atoms with Gasteiger partial charge in [-0.25, -0.2) is 23.1 Å². The van der Waals surface area contributed by atoms with E-state index in [-0.39, 0.29) is 40.8 Å². The SMILES string of the molecule is Nc1nc2c(F)cccc2c2nc(C(=O)N3CCC4(CCN(C(=O)Cc5ccc(F)c(F)c5)C4)C3)cn12. The van der Waals surface area contributed by atoms with E-state index in [0.29, 0.717) is 42.8 Å². The highest BCUT2D eigenvalue weighted by Crippen LogP contribution is 2.40. The molecule has 2 N–H and O–H groups in total. The van der Waals surface area contributed by atoms with E-state index in [0.717, 1.165) is 25.0 Å². The first-order valence-electron chi connectivity index (χ1n) is 12.0. The summed E-state index contributed by atoms with van der Waals surface area (Å²) in [6, 6.07) is 7.99. The standard InChI is InChI=1S/C26H23F3N6O2/c27-17-5-4-15(10-19(17)29)11-21(36)33-8-6-26(13-33)7-9-34(14-26)24(37)20-12-35-23(31-20)16-2-1-3-18(28)22(16)32-25(35)30/h1-5,10,12H,6-9,11,13-14H2,(H2,30,32). The number of halogens is 3. The summed E-state index contributed by atoms with van der Waals surface area (Å²) in [6.45, 7) is 2.02. The van der Waals surface area contributed by atoms with Crippen LogP contribution in [-0.4, -0.2) is 62.2 Å². The summed E-state index contributed by atoms with van der Waals surface area (Å²) in [5.74, 6) is -2.84. The van der Waals surface area contributed by atoms with Crippen LogP contribution >= 0.6 is 0 Å². The zero-order valence-corrected chi connectivity index (χ0v) is 19.8. The van der Waals surface area contributed by atoms with Crippen molar-refractivity contribution in [3.8, 4) is 0 Å². The van der Waals surface area contributed by atoms with Gasteiger partial charge in [0.15, 0.2) is 11.6 Å². The molecule has 2 aliphatic rings. The number of hydrogen-bond acceptors (Lipinski definition) is 5. The maximum Gasteiger partial charge on any atom is 0.274 e. The van der Waals surface area contributed by atoms with Crippen LogP contribution < -0.4 is 5.73 Å². The molecule has 1 spiro atoms. The van der Waals surface area contributed by atoms with Crippen LogP contribution in [0.5, 0.6) is 0 Å². The third kappa shape index (κ3) is 3.94. The van der Waals surface area contributed by atoms with Crippen LogP contribution in [-0.2, 0) is 11.2 Å². The van der Waals surface area contributed by atoms with E-state index in [4.69, 9.17) is 5.73 Å². The molecule has 2 aromatic carbocycles. The monoisotopic (exact) mass is 508 g/mol. The molecule has 6 rings (SSSR count). The Morgan fingerprint density at radius 3 is 2.49 bits per heavy atom. The second-order valence-corrected chi connectivity index (χ2v) is 9.89. The summed E-state index contributed by atoms with van der Waals surface area (Å²) in [5, 5.41) is 0.456. The molecule has 0 radical (unpaired) electrons. The van der Waals surface area contributed by atoms with Crippen LogP contribution in [0, 0.1) is 22.9 Å². The van der Waals surface area contributed by atoms with E-state index in [1.807, 2.05) is 0 Å². The Kier molecular flexibility index (Phi) is 5.32. The topological polar surface area (TPSA) is 96.8 Å². The lowest BCUT2D eigenvalue weighted by molar-refractivity contribution is -0.129. The van der Waals surface area contributed by atoms with E-state index in [2.05, 4.69) is 9.97 Å². The van der Waals surface area contributed by atoms with E-state index in [9.17, 15) is 22.8 Å². The molecular formula is C26H23F3N6O2. The number of nitrogens with two attached hydrogens (primary N) is 1. The largest absolute Gasteiger partial charge is 0.369 e. The van der Waals surface area contributed by atoms with Gasteiger partial charge in [0.05, 0.1) is 6.42 Å². The fourth-order valence-corrected chi connectivity index (χ4v) is 5.51. The number of nitrogens with zero attached hydrogens (tertiary/aromatic N) is 5. The minimum atomic E-state index is -0.976. The lowest BCUT2D eigenvalue weighted by atomic mass is 9.86. The first-order chi connectivity index (χ1) is 17.7. The maximum atomic E-state index is 14.2. The summed E-state index contributed by atoms with van der Waals surface area (Å²) in [7, 11) is 0. The molecular weight excluding hydrogens is 485 g/mol. The molecule has 2 aliphatic heterocycles. The number of para-hydroxylation sites is 1. The molecule has 0 aliphatic carbocycles. The van der Waals surface area contributed by atoms with Crippen LogP contribution in [0.3, 0.4) is 0 Å². The number of rotatable bonds is 3. The number of fused-ring (bicyclic) bond motifs is 3. The zero-order chi connectivity index (χ0) is 25.9. The van der Waals surface area contributed by atoms with Gasteiger partial charge in [0.25, 0.3) is 5.91 Å². The van der Waals surface area contributed by atoms with Gasteiger partial charge in [-0.15, -0.1) is 0 Å². The Bertz CT molecular complexity index is 1590. The van der Waals surface area contributed by atoms with Gasteiger partial charge in [0, 0.05) is 43.2 Å². The molecule has 4 heterocycles. The maximum absolute atomic E-state index is 14.2. The Morgan fingerprint density at radius 2 is 1.70 bits per heavy atom. The Labute approximate surface area is 209 Å². The van der Waals surface area contributed by atoms with Crippen molar-refractivity contribution in [2.45, 2.75) is 19.3 Å². The number of hydrogen-bond donors (Lipinski definition) is 1. The van der Waals surface area contributed by atoms with Gasteiger partial charge in [0.1, 0.15) is 22.7 Å².